The molecule has 1 aliphatic rings. The second-order valence-corrected chi connectivity index (χ2v) is 7.38. The lowest BCUT2D eigenvalue weighted by atomic mass is 10.2. The van der Waals surface area contributed by atoms with Gasteiger partial charge in [0.05, 0.1) is 19.1 Å². The molecule has 0 N–H and O–H groups in total. The molecule has 1 fully saturated rings. The molecule has 0 unspecified atom stereocenters. The lowest BCUT2D eigenvalue weighted by Gasteiger charge is -2.11. The molecule has 1 amide bonds. The van der Waals surface area contributed by atoms with Gasteiger partial charge in [-0.25, -0.2) is 4.79 Å². The summed E-state index contributed by atoms with van der Waals surface area (Å²) in [5.41, 5.74) is 0.805. The van der Waals surface area contributed by atoms with E-state index >= 15 is 0 Å². The van der Waals surface area contributed by atoms with Crippen molar-refractivity contribution in [1.82, 2.24) is 4.90 Å². The number of rotatable bonds is 8. The zero-order valence-electron chi connectivity index (χ0n) is 17.8. The Labute approximate surface area is 184 Å². The van der Waals surface area contributed by atoms with E-state index in [1.807, 2.05) is 26.0 Å². The SMILES string of the molecule is CCN=C1S/C(=C/c2ccc(OCc3ccc(C(=O)OC)o3)c(OC)c2)C(=O)N1CC. The standard InChI is InChI=1S/C22H24N2O6S/c1-5-23-22-24(6-2)20(25)19(31-22)12-14-7-9-16(18(11-14)27-3)29-13-15-8-10-17(30-15)21(26)28-4/h7-12H,5-6,13H2,1-4H3/b19-12+,23-22?. The van der Waals surface area contributed by atoms with Gasteiger partial charge in [0.15, 0.2) is 16.7 Å². The highest BCUT2D eigenvalue weighted by molar-refractivity contribution is 8.18. The molecular formula is C22H24N2O6S. The average Bonchev–Trinajstić information content (AvgIpc) is 3.37. The van der Waals surface area contributed by atoms with Crippen LogP contribution in [0.2, 0.25) is 0 Å². The number of hydrogen-bond donors (Lipinski definition) is 0. The largest absolute Gasteiger partial charge is 0.493 e. The van der Waals surface area contributed by atoms with E-state index < -0.39 is 5.97 Å². The zero-order valence-corrected chi connectivity index (χ0v) is 18.7. The quantitative estimate of drug-likeness (QED) is 0.449. The third-order valence-electron chi connectivity index (χ3n) is 4.40. The Bertz CT molecular complexity index is 1030. The highest BCUT2D eigenvalue weighted by Gasteiger charge is 2.31. The predicted octanol–water partition coefficient (Wildman–Crippen LogP) is 3.97. The van der Waals surface area contributed by atoms with Crippen molar-refractivity contribution in [1.29, 1.82) is 0 Å². The van der Waals surface area contributed by atoms with E-state index in [0.717, 1.165) is 10.7 Å². The summed E-state index contributed by atoms with van der Waals surface area (Å²) in [6.07, 6.45) is 1.81. The van der Waals surface area contributed by atoms with Gasteiger partial charge in [-0.1, -0.05) is 6.07 Å². The van der Waals surface area contributed by atoms with Crippen LogP contribution >= 0.6 is 11.8 Å². The average molecular weight is 445 g/mol. The van der Waals surface area contributed by atoms with Crippen LogP contribution in [0.25, 0.3) is 6.08 Å². The number of aliphatic imine (C=N–C) groups is 1. The lowest BCUT2D eigenvalue weighted by molar-refractivity contribution is -0.122. The molecule has 0 spiro atoms. The molecular weight excluding hydrogens is 420 g/mol. The normalized spacial score (nSPS) is 16.3. The summed E-state index contributed by atoms with van der Waals surface area (Å²) in [5, 5.41) is 0.720. The summed E-state index contributed by atoms with van der Waals surface area (Å²) in [6, 6.07) is 8.58. The van der Waals surface area contributed by atoms with E-state index in [1.165, 1.54) is 24.9 Å². The summed E-state index contributed by atoms with van der Waals surface area (Å²) in [7, 11) is 2.83. The molecule has 1 aromatic heterocycles. The smallest absolute Gasteiger partial charge is 0.373 e. The van der Waals surface area contributed by atoms with Gasteiger partial charge in [0.2, 0.25) is 5.76 Å². The van der Waals surface area contributed by atoms with Gasteiger partial charge in [-0.15, -0.1) is 0 Å². The molecule has 1 aromatic carbocycles. The number of methoxy groups -OCH3 is 2. The van der Waals surface area contributed by atoms with Crippen LogP contribution in [-0.2, 0) is 16.1 Å². The van der Waals surface area contributed by atoms with Crippen molar-refractivity contribution in [2.45, 2.75) is 20.5 Å². The third-order valence-corrected chi connectivity index (χ3v) is 5.45. The number of hydrogen-bond acceptors (Lipinski definition) is 8. The Balaban J connectivity index is 1.75. The van der Waals surface area contributed by atoms with Crippen LogP contribution in [0.3, 0.4) is 0 Å². The maximum Gasteiger partial charge on any atom is 0.373 e. The van der Waals surface area contributed by atoms with Crippen LogP contribution in [-0.4, -0.2) is 49.3 Å². The summed E-state index contributed by atoms with van der Waals surface area (Å²) < 4.78 is 21.2. The third kappa shape index (κ3) is 5.11. The highest BCUT2D eigenvalue weighted by atomic mass is 32.2. The van der Waals surface area contributed by atoms with Gasteiger partial charge in [0.1, 0.15) is 12.4 Å². The number of amidine groups is 1. The number of esters is 1. The van der Waals surface area contributed by atoms with Crippen molar-refractivity contribution in [2.75, 3.05) is 27.3 Å². The number of amides is 1. The minimum Gasteiger partial charge on any atom is -0.493 e. The molecule has 31 heavy (non-hydrogen) atoms. The van der Waals surface area contributed by atoms with E-state index in [4.69, 9.17) is 13.9 Å². The fourth-order valence-corrected chi connectivity index (χ4v) is 4.00. The predicted molar refractivity (Wildman–Crippen MR) is 118 cm³/mol. The van der Waals surface area contributed by atoms with Crippen molar-refractivity contribution >= 4 is 34.9 Å². The van der Waals surface area contributed by atoms with Crippen LogP contribution in [0, 0.1) is 0 Å². The van der Waals surface area contributed by atoms with Crippen LogP contribution in [0.1, 0.15) is 35.7 Å². The molecule has 3 rings (SSSR count). The number of carbonyl (C=O) groups excluding carboxylic acids is 2. The van der Waals surface area contributed by atoms with E-state index in [-0.39, 0.29) is 18.3 Å². The van der Waals surface area contributed by atoms with Crippen LogP contribution in [0.5, 0.6) is 11.5 Å². The van der Waals surface area contributed by atoms with Crippen LogP contribution < -0.4 is 9.47 Å². The minimum absolute atomic E-state index is 0.0572. The molecule has 0 aliphatic carbocycles. The summed E-state index contributed by atoms with van der Waals surface area (Å²) in [4.78, 5) is 30.8. The van der Waals surface area contributed by atoms with Gasteiger partial charge in [-0.05, 0) is 61.5 Å². The van der Waals surface area contributed by atoms with Crippen molar-refractivity contribution in [3.63, 3.8) is 0 Å². The molecule has 2 heterocycles. The summed E-state index contributed by atoms with van der Waals surface area (Å²) >= 11 is 1.37. The number of carbonyl (C=O) groups is 2. The number of thioether (sulfide) groups is 1. The molecule has 0 radical (unpaired) electrons. The first-order valence-electron chi connectivity index (χ1n) is 9.74. The minimum atomic E-state index is -0.547. The van der Waals surface area contributed by atoms with E-state index in [2.05, 4.69) is 9.73 Å². The summed E-state index contributed by atoms with van der Waals surface area (Å²) in [5.74, 6) is 1.01. The first-order chi connectivity index (χ1) is 15.0. The maximum absolute atomic E-state index is 12.6. The number of benzene rings is 1. The van der Waals surface area contributed by atoms with Crippen LogP contribution in [0.4, 0.5) is 0 Å². The van der Waals surface area contributed by atoms with Gasteiger partial charge in [-0.2, -0.15) is 0 Å². The Hall–Kier alpha value is -3.20. The number of ether oxygens (including phenoxy) is 3. The molecule has 9 heteroatoms. The van der Waals surface area contributed by atoms with E-state index in [9.17, 15) is 9.59 Å². The first-order valence-corrected chi connectivity index (χ1v) is 10.6. The highest BCUT2D eigenvalue weighted by Crippen LogP contribution is 2.35. The summed E-state index contributed by atoms with van der Waals surface area (Å²) in [6.45, 7) is 5.17. The zero-order chi connectivity index (χ0) is 22.4. The Morgan fingerprint density at radius 1 is 1.19 bits per heavy atom. The number of likely N-dealkylation sites (N-methyl/N-ethyl adjacent to an activating group) is 1. The van der Waals surface area contributed by atoms with Crippen LogP contribution in [0.15, 0.2) is 44.6 Å². The molecule has 0 atom stereocenters. The molecule has 1 aliphatic heterocycles. The molecule has 164 valence electrons. The molecule has 1 saturated heterocycles. The van der Waals surface area contributed by atoms with Crippen molar-refractivity contribution in [3.8, 4) is 11.5 Å². The number of nitrogens with zero attached hydrogens (tertiary/aromatic N) is 2. The van der Waals surface area contributed by atoms with Gasteiger partial charge in [-0.3, -0.25) is 14.7 Å². The Kier molecular flexibility index (Phi) is 7.41. The second-order valence-electron chi connectivity index (χ2n) is 6.37. The van der Waals surface area contributed by atoms with E-state index in [0.29, 0.717) is 35.3 Å². The molecule has 0 saturated carbocycles. The van der Waals surface area contributed by atoms with Gasteiger partial charge < -0.3 is 18.6 Å². The van der Waals surface area contributed by atoms with Crippen molar-refractivity contribution < 1.29 is 28.2 Å². The van der Waals surface area contributed by atoms with Crippen molar-refractivity contribution in [3.05, 3.63) is 52.3 Å². The molecule has 0 bridgehead atoms. The molecule has 2 aromatic rings. The first kappa shape index (κ1) is 22.5. The second kappa shape index (κ2) is 10.2. The molecule has 8 nitrogen and oxygen atoms in total. The van der Waals surface area contributed by atoms with Gasteiger partial charge in [0.25, 0.3) is 5.91 Å². The topological polar surface area (TPSA) is 90.6 Å². The Morgan fingerprint density at radius 2 is 2.00 bits per heavy atom. The Morgan fingerprint density at radius 3 is 2.68 bits per heavy atom. The fourth-order valence-electron chi connectivity index (χ4n) is 2.90. The van der Waals surface area contributed by atoms with Crippen molar-refractivity contribution in [2.24, 2.45) is 4.99 Å². The van der Waals surface area contributed by atoms with E-state index in [1.54, 1.807) is 30.2 Å². The van der Waals surface area contributed by atoms with Gasteiger partial charge in [0, 0.05) is 13.1 Å². The monoisotopic (exact) mass is 444 g/mol. The lowest BCUT2D eigenvalue weighted by Crippen LogP contribution is -2.28. The number of furan rings is 1. The van der Waals surface area contributed by atoms with Gasteiger partial charge >= 0.3 is 5.97 Å². The fraction of sp³-hybridized carbons (Fsp3) is 0.318. The maximum atomic E-state index is 12.6.